The number of hydrogen-bond acceptors (Lipinski definition) is 0. The molecule has 66 valence electrons. The molecule has 1 atom stereocenters. The SMILES string of the molecule is [N-]=[N+]=C1C=CC2C=C3C=CC=C3C=C12. The Morgan fingerprint density at radius 3 is 3.00 bits per heavy atom. The lowest BCUT2D eigenvalue weighted by atomic mass is 9.89. The van der Waals surface area contributed by atoms with Crippen LogP contribution in [-0.2, 0) is 0 Å². The summed E-state index contributed by atoms with van der Waals surface area (Å²) in [6.45, 7) is 0. The normalized spacial score (nSPS) is 26.4. The lowest BCUT2D eigenvalue weighted by Crippen LogP contribution is -2.07. The van der Waals surface area contributed by atoms with Gasteiger partial charge in [-0.1, -0.05) is 30.4 Å². The van der Waals surface area contributed by atoms with Crippen molar-refractivity contribution >= 4 is 5.71 Å². The van der Waals surface area contributed by atoms with Crippen LogP contribution < -0.4 is 0 Å². The monoisotopic (exact) mass is 180 g/mol. The van der Waals surface area contributed by atoms with Crippen molar-refractivity contribution in [3.05, 3.63) is 64.8 Å². The van der Waals surface area contributed by atoms with E-state index < -0.39 is 0 Å². The lowest BCUT2D eigenvalue weighted by Gasteiger charge is -2.12. The van der Waals surface area contributed by atoms with Crippen LogP contribution in [0.15, 0.2) is 59.3 Å². The molecule has 0 spiro atoms. The summed E-state index contributed by atoms with van der Waals surface area (Å²) in [5.74, 6) is 0.288. The number of nitrogens with zero attached hydrogens (tertiary/aromatic N) is 2. The topological polar surface area (TPSA) is 36.4 Å². The molecule has 3 rings (SSSR count). The highest BCUT2D eigenvalue weighted by molar-refractivity contribution is 6.09. The highest BCUT2D eigenvalue weighted by Gasteiger charge is 2.29. The number of fused-ring (bicyclic) bond motifs is 2. The van der Waals surface area contributed by atoms with Crippen molar-refractivity contribution in [2.45, 2.75) is 0 Å². The quantitative estimate of drug-likeness (QED) is 0.405. The minimum absolute atomic E-state index is 0.288. The van der Waals surface area contributed by atoms with Gasteiger partial charge >= 0.3 is 5.71 Å². The Labute approximate surface area is 81.9 Å². The minimum atomic E-state index is 0.288. The summed E-state index contributed by atoms with van der Waals surface area (Å²) < 4.78 is 0. The van der Waals surface area contributed by atoms with Gasteiger partial charge in [0.15, 0.2) is 0 Å². The molecule has 0 fully saturated rings. The van der Waals surface area contributed by atoms with Crippen LogP contribution in [0.4, 0.5) is 0 Å². The predicted octanol–water partition coefficient (Wildman–Crippen LogP) is 2.21. The van der Waals surface area contributed by atoms with E-state index in [1.807, 2.05) is 12.2 Å². The third-order valence-electron chi connectivity index (χ3n) is 2.78. The van der Waals surface area contributed by atoms with Crippen molar-refractivity contribution in [2.24, 2.45) is 5.92 Å². The first-order valence-corrected chi connectivity index (χ1v) is 4.61. The third kappa shape index (κ3) is 0.860. The standard InChI is InChI=1S/C12H8N2/c13-14-12-5-4-10-6-8-2-1-3-9(8)7-11(10)12/h1-7,10H. The smallest absolute Gasteiger partial charge is 0.319 e. The van der Waals surface area contributed by atoms with E-state index in [9.17, 15) is 0 Å². The Morgan fingerprint density at radius 2 is 2.14 bits per heavy atom. The fourth-order valence-electron chi connectivity index (χ4n) is 2.06. The van der Waals surface area contributed by atoms with Crippen molar-refractivity contribution in [2.75, 3.05) is 0 Å². The van der Waals surface area contributed by atoms with E-state index in [1.165, 1.54) is 11.1 Å². The van der Waals surface area contributed by atoms with Crippen LogP contribution in [0.5, 0.6) is 0 Å². The highest BCUT2D eigenvalue weighted by atomic mass is 14.9. The van der Waals surface area contributed by atoms with Crippen LogP contribution in [0.1, 0.15) is 0 Å². The van der Waals surface area contributed by atoms with E-state index in [-0.39, 0.29) is 5.92 Å². The van der Waals surface area contributed by atoms with Crippen LogP contribution in [-0.4, -0.2) is 10.5 Å². The summed E-state index contributed by atoms with van der Waals surface area (Å²) in [5.41, 5.74) is 13.0. The van der Waals surface area contributed by atoms with Crippen LogP contribution in [0.25, 0.3) is 5.53 Å². The number of allylic oxidation sites excluding steroid dienone is 10. The second-order valence-electron chi connectivity index (χ2n) is 3.57. The summed E-state index contributed by atoms with van der Waals surface area (Å²) in [6, 6.07) is 0. The Kier molecular flexibility index (Phi) is 1.35. The van der Waals surface area contributed by atoms with E-state index in [2.05, 4.69) is 35.2 Å². The van der Waals surface area contributed by atoms with E-state index in [1.54, 1.807) is 0 Å². The van der Waals surface area contributed by atoms with E-state index in [0.29, 0.717) is 5.71 Å². The molecule has 3 aliphatic carbocycles. The maximum Gasteiger partial charge on any atom is 0.319 e. The minimum Gasteiger partial charge on any atom is -0.361 e. The zero-order valence-electron chi connectivity index (χ0n) is 7.51. The second-order valence-corrected chi connectivity index (χ2v) is 3.57. The Hall–Kier alpha value is -1.92. The first-order valence-electron chi connectivity index (χ1n) is 4.61. The third-order valence-corrected chi connectivity index (χ3v) is 2.78. The Bertz CT molecular complexity index is 506. The summed E-state index contributed by atoms with van der Waals surface area (Å²) in [4.78, 5) is 3.27. The van der Waals surface area contributed by atoms with Crippen LogP contribution in [0.2, 0.25) is 0 Å². The number of rotatable bonds is 0. The van der Waals surface area contributed by atoms with Gasteiger partial charge in [0.2, 0.25) is 0 Å². The second kappa shape index (κ2) is 2.53. The van der Waals surface area contributed by atoms with Gasteiger partial charge in [-0.25, -0.2) is 0 Å². The van der Waals surface area contributed by atoms with E-state index in [0.717, 1.165) is 5.57 Å². The zero-order valence-corrected chi connectivity index (χ0v) is 7.51. The Morgan fingerprint density at radius 1 is 1.21 bits per heavy atom. The van der Waals surface area contributed by atoms with Gasteiger partial charge in [0.1, 0.15) is 0 Å². The molecule has 0 radical (unpaired) electrons. The highest BCUT2D eigenvalue weighted by Crippen LogP contribution is 2.34. The summed E-state index contributed by atoms with van der Waals surface area (Å²) in [5, 5.41) is 0. The molecule has 0 aromatic heterocycles. The van der Waals surface area contributed by atoms with Gasteiger partial charge in [0, 0.05) is 12.0 Å². The Balaban J connectivity index is 2.16. The van der Waals surface area contributed by atoms with Crippen molar-refractivity contribution in [1.82, 2.24) is 0 Å². The molecule has 2 nitrogen and oxygen atoms in total. The fraction of sp³-hybridized carbons (Fsp3) is 0.0833. The zero-order chi connectivity index (χ0) is 9.54. The molecule has 0 N–H and O–H groups in total. The van der Waals surface area contributed by atoms with Crippen molar-refractivity contribution < 1.29 is 4.79 Å². The lowest BCUT2D eigenvalue weighted by molar-refractivity contribution is -0.00237. The summed E-state index contributed by atoms with van der Waals surface area (Å²) >= 11 is 0. The van der Waals surface area contributed by atoms with Gasteiger partial charge in [-0.3, -0.25) is 0 Å². The number of hydrogen-bond donors (Lipinski definition) is 0. The molecule has 14 heavy (non-hydrogen) atoms. The summed E-state index contributed by atoms with van der Waals surface area (Å²) in [7, 11) is 0. The maximum atomic E-state index is 8.79. The summed E-state index contributed by atoms with van der Waals surface area (Å²) in [6.07, 6.45) is 14.4. The van der Waals surface area contributed by atoms with Gasteiger partial charge in [0.25, 0.3) is 0 Å². The first kappa shape index (κ1) is 7.48. The largest absolute Gasteiger partial charge is 0.361 e. The molecule has 0 amide bonds. The van der Waals surface area contributed by atoms with Crippen LogP contribution in [0.3, 0.4) is 0 Å². The molecule has 3 aliphatic rings. The fourth-order valence-corrected chi connectivity index (χ4v) is 2.06. The molecule has 0 saturated carbocycles. The average Bonchev–Trinajstić information content (AvgIpc) is 2.78. The molecule has 0 aromatic carbocycles. The van der Waals surface area contributed by atoms with Gasteiger partial charge in [0.05, 0.1) is 5.57 Å². The van der Waals surface area contributed by atoms with Crippen LogP contribution >= 0.6 is 0 Å². The van der Waals surface area contributed by atoms with Gasteiger partial charge < -0.3 is 5.53 Å². The maximum absolute atomic E-state index is 8.79. The molecule has 0 aliphatic heterocycles. The van der Waals surface area contributed by atoms with Crippen molar-refractivity contribution in [3.8, 4) is 0 Å². The molecule has 2 heteroatoms. The van der Waals surface area contributed by atoms with Gasteiger partial charge in [-0.15, -0.1) is 0 Å². The van der Waals surface area contributed by atoms with Crippen molar-refractivity contribution in [1.29, 1.82) is 0 Å². The molecular weight excluding hydrogens is 172 g/mol. The molecular formula is C12H8N2. The molecule has 0 heterocycles. The van der Waals surface area contributed by atoms with E-state index in [4.69, 9.17) is 5.53 Å². The van der Waals surface area contributed by atoms with E-state index >= 15 is 0 Å². The van der Waals surface area contributed by atoms with Crippen LogP contribution in [0, 0.1) is 5.92 Å². The molecule has 0 aromatic rings. The average molecular weight is 180 g/mol. The van der Waals surface area contributed by atoms with Gasteiger partial charge in [-0.05, 0) is 17.2 Å². The van der Waals surface area contributed by atoms with Gasteiger partial charge in [-0.2, -0.15) is 4.79 Å². The molecule has 0 bridgehead atoms. The molecule has 1 unspecified atom stereocenters. The van der Waals surface area contributed by atoms with Crippen molar-refractivity contribution in [3.63, 3.8) is 0 Å². The predicted molar refractivity (Wildman–Crippen MR) is 54.6 cm³/mol. The molecule has 0 saturated heterocycles. The first-order chi connectivity index (χ1) is 6.88.